The number of nitrogens with one attached hydrogen (secondary N) is 3. The van der Waals surface area contributed by atoms with Gasteiger partial charge in [0.05, 0.1) is 4.90 Å². The van der Waals surface area contributed by atoms with Gasteiger partial charge >= 0.3 is 0 Å². The van der Waals surface area contributed by atoms with E-state index in [-0.39, 0.29) is 41.2 Å². The van der Waals surface area contributed by atoms with E-state index >= 15 is 0 Å². The summed E-state index contributed by atoms with van der Waals surface area (Å²) in [5.41, 5.74) is 1.51. The summed E-state index contributed by atoms with van der Waals surface area (Å²) in [5, 5.41) is 6.13. The van der Waals surface area contributed by atoms with Crippen molar-refractivity contribution in [1.29, 1.82) is 0 Å². The molecule has 0 heterocycles. The Morgan fingerprint density at radius 2 is 1.78 bits per heavy atom. The Balaban J connectivity index is 0.00000364. The van der Waals surface area contributed by atoms with Crippen LogP contribution in [0.5, 0.6) is 0 Å². The predicted molar refractivity (Wildman–Crippen MR) is 116 cm³/mol. The molecule has 27 heavy (non-hydrogen) atoms. The van der Waals surface area contributed by atoms with Gasteiger partial charge in [-0.1, -0.05) is 30.3 Å². The molecular formula is C18H24FIN4O2S. The molecule has 0 saturated carbocycles. The molecule has 2 rings (SSSR count). The Bertz CT molecular complexity index is 861. The summed E-state index contributed by atoms with van der Waals surface area (Å²) in [6.07, 6.45) is 0. The molecule has 148 valence electrons. The lowest BCUT2D eigenvalue weighted by Gasteiger charge is -2.13. The van der Waals surface area contributed by atoms with Crippen molar-refractivity contribution in [2.24, 2.45) is 4.99 Å². The Morgan fingerprint density at radius 1 is 1.07 bits per heavy atom. The van der Waals surface area contributed by atoms with Crippen LogP contribution in [0.2, 0.25) is 0 Å². The summed E-state index contributed by atoms with van der Waals surface area (Å²) in [5.74, 6) is 0.299. The van der Waals surface area contributed by atoms with E-state index in [9.17, 15) is 12.8 Å². The average Bonchev–Trinajstić information content (AvgIpc) is 2.64. The van der Waals surface area contributed by atoms with Gasteiger partial charge in [0.25, 0.3) is 0 Å². The minimum atomic E-state index is -3.51. The zero-order chi connectivity index (χ0) is 19.0. The van der Waals surface area contributed by atoms with E-state index in [1.807, 2.05) is 0 Å². The van der Waals surface area contributed by atoms with Crippen molar-refractivity contribution in [3.05, 3.63) is 65.5 Å². The molecule has 0 amide bonds. The van der Waals surface area contributed by atoms with Crippen molar-refractivity contribution < 1.29 is 12.8 Å². The average molecular weight is 506 g/mol. The van der Waals surface area contributed by atoms with Gasteiger partial charge in [-0.05, 0) is 36.2 Å². The lowest BCUT2D eigenvalue weighted by molar-refractivity contribution is 0.580. The number of hydrogen-bond acceptors (Lipinski definition) is 3. The number of hydrogen-bond donors (Lipinski definition) is 3. The molecule has 0 aromatic heterocycles. The molecule has 6 nitrogen and oxygen atoms in total. The molecule has 2 aromatic rings. The molecule has 2 aromatic carbocycles. The summed E-state index contributed by atoms with van der Waals surface area (Å²) in [7, 11) is -1.89. The number of rotatable bonds is 7. The lowest BCUT2D eigenvalue weighted by atomic mass is 10.1. The van der Waals surface area contributed by atoms with Crippen molar-refractivity contribution in [3.8, 4) is 0 Å². The maximum atomic E-state index is 13.3. The summed E-state index contributed by atoms with van der Waals surface area (Å²) in [6, 6.07) is 13.1. The standard InChI is InChI=1S/C18H23FN4O2S.HI/c1-14-12-15(8-9-17(14)19)13-22-18(20-2)21-10-11-23-26(24,25)16-6-4-3-5-7-16;/h3-9,12,23H,10-11,13H2,1-2H3,(H2,20,21,22);1H. The van der Waals surface area contributed by atoms with E-state index in [4.69, 9.17) is 0 Å². The van der Waals surface area contributed by atoms with E-state index in [0.29, 0.717) is 24.6 Å². The fraction of sp³-hybridized carbons (Fsp3) is 0.278. The third-order valence-electron chi connectivity index (χ3n) is 3.67. The second kappa shape index (κ2) is 11.2. The van der Waals surface area contributed by atoms with Gasteiger partial charge in [-0.2, -0.15) is 0 Å². The first-order valence-corrected chi connectivity index (χ1v) is 9.65. The van der Waals surface area contributed by atoms with Crippen LogP contribution < -0.4 is 15.4 Å². The molecule has 0 spiro atoms. The highest BCUT2D eigenvalue weighted by molar-refractivity contribution is 14.0. The highest BCUT2D eigenvalue weighted by Gasteiger charge is 2.12. The zero-order valence-corrected chi connectivity index (χ0v) is 18.3. The highest BCUT2D eigenvalue weighted by atomic mass is 127. The van der Waals surface area contributed by atoms with Gasteiger partial charge in [-0.15, -0.1) is 24.0 Å². The first-order valence-electron chi connectivity index (χ1n) is 8.16. The molecule has 0 fully saturated rings. The van der Waals surface area contributed by atoms with Crippen LogP contribution in [0.15, 0.2) is 58.4 Å². The molecule has 0 unspecified atom stereocenters. The van der Waals surface area contributed by atoms with Gasteiger partial charge in [-0.25, -0.2) is 17.5 Å². The molecule has 0 aliphatic carbocycles. The fourth-order valence-corrected chi connectivity index (χ4v) is 3.33. The molecule has 0 bridgehead atoms. The van der Waals surface area contributed by atoms with Gasteiger partial charge in [0.1, 0.15) is 5.82 Å². The number of guanidine groups is 1. The third-order valence-corrected chi connectivity index (χ3v) is 5.15. The summed E-state index contributed by atoms with van der Waals surface area (Å²) < 4.78 is 40.0. The largest absolute Gasteiger partial charge is 0.355 e. The van der Waals surface area contributed by atoms with Crippen LogP contribution in [-0.2, 0) is 16.6 Å². The number of aryl methyl sites for hydroxylation is 1. The monoisotopic (exact) mass is 506 g/mol. The van der Waals surface area contributed by atoms with Crippen LogP contribution >= 0.6 is 24.0 Å². The second-order valence-electron chi connectivity index (χ2n) is 5.65. The highest BCUT2D eigenvalue weighted by Crippen LogP contribution is 2.09. The van der Waals surface area contributed by atoms with Gasteiger partial charge in [0.15, 0.2) is 5.96 Å². The van der Waals surface area contributed by atoms with Crippen LogP contribution in [0, 0.1) is 12.7 Å². The summed E-state index contributed by atoms with van der Waals surface area (Å²) >= 11 is 0. The molecule has 9 heteroatoms. The van der Waals surface area contributed by atoms with Gasteiger partial charge in [-0.3, -0.25) is 4.99 Å². The quantitative estimate of drug-likeness (QED) is 0.233. The Kier molecular flexibility index (Phi) is 9.67. The molecule has 3 N–H and O–H groups in total. The van der Waals surface area contributed by atoms with Crippen LogP contribution in [0.1, 0.15) is 11.1 Å². The third kappa shape index (κ3) is 7.43. The summed E-state index contributed by atoms with van der Waals surface area (Å²) in [4.78, 5) is 4.31. The van der Waals surface area contributed by atoms with E-state index in [1.54, 1.807) is 56.4 Å². The fourth-order valence-electron chi connectivity index (χ4n) is 2.27. The van der Waals surface area contributed by atoms with Crippen molar-refractivity contribution >= 4 is 40.0 Å². The van der Waals surface area contributed by atoms with E-state index in [1.165, 1.54) is 6.07 Å². The number of sulfonamides is 1. The number of nitrogens with zero attached hydrogens (tertiary/aromatic N) is 1. The van der Waals surface area contributed by atoms with E-state index < -0.39 is 10.0 Å². The molecule has 0 aliphatic rings. The first-order chi connectivity index (χ1) is 12.4. The number of aliphatic imine (C=N–C) groups is 1. The molecule has 0 saturated heterocycles. The Morgan fingerprint density at radius 3 is 2.41 bits per heavy atom. The topological polar surface area (TPSA) is 82.6 Å². The van der Waals surface area contributed by atoms with Crippen LogP contribution in [0.25, 0.3) is 0 Å². The van der Waals surface area contributed by atoms with Crippen molar-refractivity contribution in [1.82, 2.24) is 15.4 Å². The van der Waals surface area contributed by atoms with E-state index in [2.05, 4.69) is 20.3 Å². The number of benzene rings is 2. The first kappa shape index (κ1) is 23.3. The zero-order valence-electron chi connectivity index (χ0n) is 15.2. The van der Waals surface area contributed by atoms with Gasteiger partial charge in [0, 0.05) is 26.7 Å². The SMILES string of the molecule is CN=C(NCCNS(=O)(=O)c1ccccc1)NCc1ccc(F)c(C)c1.I. The molecule has 0 aliphatic heterocycles. The van der Waals surface area contributed by atoms with Crippen molar-refractivity contribution in [2.75, 3.05) is 20.1 Å². The smallest absolute Gasteiger partial charge is 0.240 e. The maximum absolute atomic E-state index is 13.3. The normalized spacial score (nSPS) is 11.6. The molecular weight excluding hydrogens is 482 g/mol. The Labute approximate surface area is 176 Å². The van der Waals surface area contributed by atoms with Crippen LogP contribution in [0.4, 0.5) is 4.39 Å². The van der Waals surface area contributed by atoms with Crippen molar-refractivity contribution in [2.45, 2.75) is 18.4 Å². The van der Waals surface area contributed by atoms with E-state index in [0.717, 1.165) is 5.56 Å². The number of halogens is 2. The lowest BCUT2D eigenvalue weighted by Crippen LogP contribution is -2.41. The minimum Gasteiger partial charge on any atom is -0.355 e. The van der Waals surface area contributed by atoms with Gasteiger partial charge in [0.2, 0.25) is 10.0 Å². The summed E-state index contributed by atoms with van der Waals surface area (Å²) in [6.45, 7) is 2.78. The predicted octanol–water partition coefficient (Wildman–Crippen LogP) is 2.40. The van der Waals surface area contributed by atoms with Crippen molar-refractivity contribution in [3.63, 3.8) is 0 Å². The minimum absolute atomic E-state index is 0. The maximum Gasteiger partial charge on any atom is 0.240 e. The Hall–Kier alpha value is -1.72. The van der Waals surface area contributed by atoms with Crippen LogP contribution in [0.3, 0.4) is 0 Å². The molecule has 0 radical (unpaired) electrons. The van der Waals surface area contributed by atoms with Gasteiger partial charge < -0.3 is 10.6 Å². The van der Waals surface area contributed by atoms with Crippen LogP contribution in [-0.4, -0.2) is 34.5 Å². The molecule has 0 atom stereocenters. The second-order valence-corrected chi connectivity index (χ2v) is 7.41.